The zero-order valence-corrected chi connectivity index (χ0v) is 10.6. The van der Waals surface area contributed by atoms with E-state index in [0.29, 0.717) is 22.5 Å². The van der Waals surface area contributed by atoms with Crippen LogP contribution in [0.5, 0.6) is 0 Å². The lowest BCUT2D eigenvalue weighted by Gasteiger charge is -2.11. The molecule has 16 heavy (non-hydrogen) atoms. The van der Waals surface area contributed by atoms with E-state index >= 15 is 0 Å². The van der Waals surface area contributed by atoms with Gasteiger partial charge in [-0.05, 0) is 36.1 Å². The second kappa shape index (κ2) is 4.45. The molecule has 3 N–H and O–H groups in total. The van der Waals surface area contributed by atoms with Crippen LogP contribution in [0.15, 0.2) is 5.38 Å². The molecule has 1 atom stereocenters. The third kappa shape index (κ3) is 2.21. The molecule has 1 amide bonds. The number of anilines is 1. The largest absolute Gasteiger partial charge is 0.390 e. The van der Waals surface area contributed by atoms with Crippen molar-refractivity contribution in [3.63, 3.8) is 0 Å². The van der Waals surface area contributed by atoms with Crippen LogP contribution in [0.3, 0.4) is 0 Å². The number of hydrogen-bond donors (Lipinski definition) is 2. The number of carbonyl (C=O) groups is 1. The van der Waals surface area contributed by atoms with Crippen molar-refractivity contribution in [3.8, 4) is 0 Å². The molecule has 3 nitrogen and oxygen atoms in total. The fraction of sp³-hybridized carbons (Fsp3) is 0.583. The van der Waals surface area contributed by atoms with Gasteiger partial charge >= 0.3 is 0 Å². The van der Waals surface area contributed by atoms with Crippen molar-refractivity contribution in [2.24, 2.45) is 0 Å². The van der Waals surface area contributed by atoms with Gasteiger partial charge in [0.15, 0.2) is 0 Å². The first-order valence-corrected chi connectivity index (χ1v) is 6.69. The van der Waals surface area contributed by atoms with E-state index in [0.717, 1.165) is 24.8 Å². The van der Waals surface area contributed by atoms with Gasteiger partial charge < -0.3 is 11.1 Å². The molecular formula is C12H18N2OS. The molecule has 2 rings (SSSR count). The van der Waals surface area contributed by atoms with Crippen LogP contribution in [0.4, 0.5) is 5.00 Å². The first kappa shape index (κ1) is 11.5. The highest BCUT2D eigenvalue weighted by molar-refractivity contribution is 7.14. The summed E-state index contributed by atoms with van der Waals surface area (Å²) < 4.78 is 0. The molecule has 0 radical (unpaired) electrons. The molecule has 1 aromatic heterocycles. The Bertz CT molecular complexity index is 396. The Balaban J connectivity index is 2.22. The second-order valence-electron chi connectivity index (χ2n) is 4.49. The van der Waals surface area contributed by atoms with Gasteiger partial charge in [-0.25, -0.2) is 0 Å². The lowest BCUT2D eigenvalue weighted by Crippen LogP contribution is -2.26. The molecule has 1 saturated carbocycles. The minimum absolute atomic E-state index is 0.0107. The van der Waals surface area contributed by atoms with E-state index in [2.05, 4.69) is 19.2 Å². The van der Waals surface area contributed by atoms with Crippen molar-refractivity contribution in [2.75, 3.05) is 5.73 Å². The number of nitrogens with two attached hydrogens (primary N) is 1. The number of thiophene rings is 1. The topological polar surface area (TPSA) is 55.1 Å². The Labute approximate surface area is 100 Å². The molecule has 0 bridgehead atoms. The maximum Gasteiger partial charge on any atom is 0.254 e. The fourth-order valence-electron chi connectivity index (χ4n) is 1.70. The average molecular weight is 238 g/mol. The van der Waals surface area contributed by atoms with Crippen LogP contribution < -0.4 is 11.1 Å². The molecule has 0 aliphatic heterocycles. The van der Waals surface area contributed by atoms with Crippen LogP contribution in [0.1, 0.15) is 54.9 Å². The van der Waals surface area contributed by atoms with E-state index in [4.69, 9.17) is 5.73 Å². The molecule has 0 spiro atoms. The number of amides is 1. The van der Waals surface area contributed by atoms with E-state index in [1.54, 1.807) is 0 Å². The minimum Gasteiger partial charge on any atom is -0.390 e. The summed E-state index contributed by atoms with van der Waals surface area (Å²) in [5.74, 6) is 0.407. The Hall–Kier alpha value is -1.03. The average Bonchev–Trinajstić information content (AvgIpc) is 2.98. The summed E-state index contributed by atoms with van der Waals surface area (Å²) in [6.07, 6.45) is 3.24. The van der Waals surface area contributed by atoms with Gasteiger partial charge in [-0.2, -0.15) is 0 Å². The monoisotopic (exact) mass is 238 g/mol. The molecule has 0 saturated heterocycles. The summed E-state index contributed by atoms with van der Waals surface area (Å²) in [4.78, 5) is 12.0. The molecule has 1 aromatic rings. The summed E-state index contributed by atoms with van der Waals surface area (Å²) in [5, 5.41) is 5.67. The molecule has 1 aliphatic rings. The van der Waals surface area contributed by atoms with Crippen molar-refractivity contribution < 1.29 is 4.79 Å². The highest BCUT2D eigenvalue weighted by Crippen LogP contribution is 2.33. The van der Waals surface area contributed by atoms with Crippen molar-refractivity contribution in [1.82, 2.24) is 5.32 Å². The zero-order chi connectivity index (χ0) is 11.7. The van der Waals surface area contributed by atoms with E-state index < -0.39 is 0 Å². The van der Waals surface area contributed by atoms with Gasteiger partial charge in [0, 0.05) is 6.04 Å². The van der Waals surface area contributed by atoms with Gasteiger partial charge in [0.05, 0.1) is 10.6 Å². The summed E-state index contributed by atoms with van der Waals surface area (Å²) in [6.45, 7) is 4.26. The fourth-order valence-corrected chi connectivity index (χ4v) is 2.63. The standard InChI is InChI=1S/C12H18N2OS/c1-3-7(2)9-6-16-11(13)10(9)12(15)14-8-4-5-8/h6-8H,3-5,13H2,1-2H3,(H,14,15). The molecule has 88 valence electrons. The van der Waals surface area contributed by atoms with E-state index in [1.807, 2.05) is 5.38 Å². The number of rotatable bonds is 4. The van der Waals surface area contributed by atoms with Crippen molar-refractivity contribution >= 4 is 22.2 Å². The van der Waals surface area contributed by atoms with Crippen molar-refractivity contribution in [2.45, 2.75) is 45.1 Å². The number of nitrogen functional groups attached to an aromatic ring is 1. The molecule has 1 aliphatic carbocycles. The molecule has 1 fully saturated rings. The summed E-state index contributed by atoms with van der Waals surface area (Å²) >= 11 is 1.47. The van der Waals surface area contributed by atoms with Gasteiger partial charge in [-0.15, -0.1) is 11.3 Å². The predicted molar refractivity (Wildman–Crippen MR) is 67.9 cm³/mol. The predicted octanol–water partition coefficient (Wildman–Crippen LogP) is 2.74. The maximum absolute atomic E-state index is 12.0. The highest BCUT2D eigenvalue weighted by atomic mass is 32.1. The van der Waals surface area contributed by atoms with Crippen LogP contribution in [-0.2, 0) is 0 Å². The van der Waals surface area contributed by atoms with Gasteiger partial charge in [0.25, 0.3) is 5.91 Å². The smallest absolute Gasteiger partial charge is 0.254 e. The molecule has 0 aromatic carbocycles. The third-order valence-corrected chi connectivity index (χ3v) is 3.96. The van der Waals surface area contributed by atoms with Gasteiger partial charge in [0.2, 0.25) is 0 Å². The number of carbonyl (C=O) groups excluding carboxylic acids is 1. The van der Waals surface area contributed by atoms with Crippen molar-refractivity contribution in [1.29, 1.82) is 0 Å². The first-order valence-electron chi connectivity index (χ1n) is 5.81. The Morgan fingerprint density at radius 3 is 2.94 bits per heavy atom. The highest BCUT2D eigenvalue weighted by Gasteiger charge is 2.27. The van der Waals surface area contributed by atoms with E-state index in [-0.39, 0.29) is 5.91 Å². The van der Waals surface area contributed by atoms with E-state index in [9.17, 15) is 4.79 Å². The molecule has 4 heteroatoms. The van der Waals surface area contributed by atoms with Gasteiger partial charge in [-0.1, -0.05) is 13.8 Å². The Kier molecular flexibility index (Phi) is 3.19. The Morgan fingerprint density at radius 1 is 1.69 bits per heavy atom. The zero-order valence-electron chi connectivity index (χ0n) is 9.75. The lowest BCUT2D eigenvalue weighted by atomic mass is 9.97. The normalized spacial score (nSPS) is 17.1. The van der Waals surface area contributed by atoms with Gasteiger partial charge in [0.1, 0.15) is 0 Å². The minimum atomic E-state index is 0.0107. The number of hydrogen-bond acceptors (Lipinski definition) is 3. The third-order valence-electron chi connectivity index (χ3n) is 3.13. The molecule has 1 heterocycles. The molecule has 1 unspecified atom stereocenters. The SMILES string of the molecule is CCC(C)c1csc(N)c1C(=O)NC1CC1. The summed E-state index contributed by atoms with van der Waals surface area (Å²) in [7, 11) is 0. The summed E-state index contributed by atoms with van der Waals surface area (Å²) in [5.41, 5.74) is 7.70. The van der Waals surface area contributed by atoms with Crippen molar-refractivity contribution in [3.05, 3.63) is 16.5 Å². The van der Waals surface area contributed by atoms with Crippen LogP contribution in [0.2, 0.25) is 0 Å². The lowest BCUT2D eigenvalue weighted by molar-refractivity contribution is 0.0951. The van der Waals surface area contributed by atoms with Gasteiger partial charge in [-0.3, -0.25) is 4.79 Å². The molecular weight excluding hydrogens is 220 g/mol. The van der Waals surface area contributed by atoms with Crippen LogP contribution in [0, 0.1) is 0 Å². The Morgan fingerprint density at radius 2 is 2.38 bits per heavy atom. The quantitative estimate of drug-likeness (QED) is 0.847. The van der Waals surface area contributed by atoms with E-state index in [1.165, 1.54) is 11.3 Å². The number of nitrogens with one attached hydrogen (secondary N) is 1. The van der Waals surface area contributed by atoms with Crippen LogP contribution in [0.25, 0.3) is 0 Å². The first-order chi connectivity index (χ1) is 7.63. The van der Waals surface area contributed by atoms with Crippen LogP contribution in [-0.4, -0.2) is 11.9 Å². The van der Waals surface area contributed by atoms with Crippen LogP contribution >= 0.6 is 11.3 Å². The summed E-state index contributed by atoms with van der Waals surface area (Å²) in [6, 6.07) is 0.386. The maximum atomic E-state index is 12.0. The second-order valence-corrected chi connectivity index (χ2v) is 5.40.